The first-order valence-corrected chi connectivity index (χ1v) is 8.04. The molecule has 0 aliphatic carbocycles. The van der Waals surface area contributed by atoms with Crippen LogP contribution in [0.3, 0.4) is 0 Å². The molecule has 1 heterocycles. The van der Waals surface area contributed by atoms with Crippen molar-refractivity contribution in [2.24, 2.45) is 7.05 Å². The third-order valence-electron chi connectivity index (χ3n) is 3.57. The zero-order chi connectivity index (χ0) is 15.8. The summed E-state index contributed by atoms with van der Waals surface area (Å²) in [6, 6.07) is 1.80. The van der Waals surface area contributed by atoms with Gasteiger partial charge in [0, 0.05) is 31.0 Å². The molecule has 0 aliphatic rings. The molecule has 21 heavy (non-hydrogen) atoms. The summed E-state index contributed by atoms with van der Waals surface area (Å²) in [5.41, 5.74) is 9.34. The predicted octanol–water partition coefficient (Wildman–Crippen LogP) is 1.41. The highest BCUT2D eigenvalue weighted by molar-refractivity contribution is 7.89. The minimum absolute atomic E-state index is 0.197. The van der Waals surface area contributed by atoms with Crippen LogP contribution in [0, 0.1) is 20.8 Å². The SMILES string of the molecule is Cc1cc(N)c(C)c(S(=O)(=O)NCc2cnn(C)c2)c1C. The lowest BCUT2D eigenvalue weighted by Crippen LogP contribution is -2.25. The maximum atomic E-state index is 12.6. The van der Waals surface area contributed by atoms with Gasteiger partial charge in [0.15, 0.2) is 0 Å². The van der Waals surface area contributed by atoms with Crippen molar-refractivity contribution in [3.63, 3.8) is 0 Å². The van der Waals surface area contributed by atoms with E-state index in [9.17, 15) is 8.42 Å². The van der Waals surface area contributed by atoms with Gasteiger partial charge in [-0.25, -0.2) is 13.1 Å². The van der Waals surface area contributed by atoms with Crippen molar-refractivity contribution in [3.8, 4) is 0 Å². The molecular weight excluding hydrogens is 288 g/mol. The summed E-state index contributed by atoms with van der Waals surface area (Å²) in [4.78, 5) is 0.267. The second-order valence-electron chi connectivity index (χ2n) is 5.21. The first-order valence-electron chi connectivity index (χ1n) is 6.56. The second kappa shape index (κ2) is 5.50. The van der Waals surface area contributed by atoms with Gasteiger partial charge in [0.1, 0.15) is 0 Å². The molecule has 7 heteroatoms. The Morgan fingerprint density at radius 2 is 1.95 bits per heavy atom. The van der Waals surface area contributed by atoms with Gasteiger partial charge in [0.05, 0.1) is 11.1 Å². The minimum atomic E-state index is -3.62. The monoisotopic (exact) mass is 308 g/mol. The summed E-state index contributed by atoms with van der Waals surface area (Å²) in [5.74, 6) is 0. The minimum Gasteiger partial charge on any atom is -0.398 e. The Hall–Kier alpha value is -1.86. The van der Waals surface area contributed by atoms with Crippen LogP contribution in [-0.4, -0.2) is 18.2 Å². The number of nitrogen functional groups attached to an aromatic ring is 1. The number of rotatable bonds is 4. The Balaban J connectivity index is 2.36. The topological polar surface area (TPSA) is 90.0 Å². The predicted molar refractivity (Wildman–Crippen MR) is 82.3 cm³/mol. The van der Waals surface area contributed by atoms with Crippen LogP contribution in [-0.2, 0) is 23.6 Å². The Bertz CT molecular complexity index is 752. The maximum Gasteiger partial charge on any atom is 0.241 e. The Kier molecular flexibility index (Phi) is 4.06. The van der Waals surface area contributed by atoms with Crippen LogP contribution in [0.5, 0.6) is 0 Å². The van der Waals surface area contributed by atoms with Gasteiger partial charge in [-0.3, -0.25) is 4.68 Å². The Morgan fingerprint density at radius 3 is 2.52 bits per heavy atom. The number of aryl methyl sites for hydroxylation is 2. The number of nitrogens with two attached hydrogens (primary N) is 1. The standard InChI is InChI=1S/C14H20N4O2S/c1-9-5-13(15)11(3)14(10(9)2)21(19,20)17-7-12-6-16-18(4)8-12/h5-6,8,17H,7,15H2,1-4H3. The lowest BCUT2D eigenvalue weighted by atomic mass is 10.1. The number of aromatic nitrogens is 2. The van der Waals surface area contributed by atoms with E-state index in [1.54, 1.807) is 44.0 Å². The van der Waals surface area contributed by atoms with E-state index >= 15 is 0 Å². The summed E-state index contributed by atoms with van der Waals surface area (Å²) < 4.78 is 29.4. The fraction of sp³-hybridized carbons (Fsp3) is 0.357. The largest absolute Gasteiger partial charge is 0.398 e. The van der Waals surface area contributed by atoms with Gasteiger partial charge >= 0.3 is 0 Å². The lowest BCUT2D eigenvalue weighted by molar-refractivity contribution is 0.580. The zero-order valence-electron chi connectivity index (χ0n) is 12.6. The van der Waals surface area contributed by atoms with Crippen molar-refractivity contribution in [2.45, 2.75) is 32.2 Å². The average molecular weight is 308 g/mol. The molecule has 0 radical (unpaired) electrons. The number of hydrogen-bond donors (Lipinski definition) is 2. The van der Waals surface area contributed by atoms with E-state index in [0.29, 0.717) is 11.3 Å². The molecule has 0 bridgehead atoms. The van der Waals surface area contributed by atoms with Gasteiger partial charge < -0.3 is 5.73 Å². The van der Waals surface area contributed by atoms with E-state index in [1.165, 1.54) is 0 Å². The van der Waals surface area contributed by atoms with Crippen molar-refractivity contribution in [1.82, 2.24) is 14.5 Å². The molecule has 0 amide bonds. The van der Waals surface area contributed by atoms with Crippen LogP contribution >= 0.6 is 0 Å². The maximum absolute atomic E-state index is 12.6. The van der Waals surface area contributed by atoms with E-state index in [4.69, 9.17) is 5.73 Å². The van der Waals surface area contributed by atoms with Crippen LogP contribution in [0.25, 0.3) is 0 Å². The smallest absolute Gasteiger partial charge is 0.241 e. The molecule has 0 spiro atoms. The lowest BCUT2D eigenvalue weighted by Gasteiger charge is -2.15. The number of nitrogens with zero attached hydrogens (tertiary/aromatic N) is 2. The van der Waals surface area contributed by atoms with Crippen LogP contribution in [0.15, 0.2) is 23.4 Å². The number of benzene rings is 1. The van der Waals surface area contributed by atoms with Gasteiger partial charge in [-0.05, 0) is 43.5 Å². The van der Waals surface area contributed by atoms with E-state index < -0.39 is 10.0 Å². The molecule has 2 aromatic rings. The van der Waals surface area contributed by atoms with Gasteiger partial charge in [-0.1, -0.05) is 0 Å². The highest BCUT2D eigenvalue weighted by Gasteiger charge is 2.22. The molecule has 0 atom stereocenters. The normalized spacial score (nSPS) is 11.8. The van der Waals surface area contributed by atoms with Crippen LogP contribution in [0.1, 0.15) is 22.3 Å². The first-order chi connectivity index (χ1) is 9.72. The van der Waals surface area contributed by atoms with Gasteiger partial charge in [0.2, 0.25) is 10.0 Å². The van der Waals surface area contributed by atoms with Crippen LogP contribution in [0.2, 0.25) is 0 Å². The molecule has 6 nitrogen and oxygen atoms in total. The first kappa shape index (κ1) is 15.5. The van der Waals surface area contributed by atoms with Crippen LogP contribution in [0.4, 0.5) is 5.69 Å². The number of sulfonamides is 1. The molecule has 1 aromatic carbocycles. The summed E-state index contributed by atoms with van der Waals surface area (Å²) in [5, 5.41) is 4.02. The third-order valence-corrected chi connectivity index (χ3v) is 5.25. The van der Waals surface area contributed by atoms with Gasteiger partial charge in [-0.15, -0.1) is 0 Å². The Labute approximate surface area is 125 Å². The quantitative estimate of drug-likeness (QED) is 0.836. The third kappa shape index (κ3) is 3.08. The van der Waals surface area contributed by atoms with Gasteiger partial charge in [-0.2, -0.15) is 5.10 Å². The number of anilines is 1. The molecule has 0 saturated heterocycles. The molecule has 0 saturated carbocycles. The highest BCUT2D eigenvalue weighted by atomic mass is 32.2. The number of nitrogens with one attached hydrogen (secondary N) is 1. The molecule has 1 aromatic heterocycles. The van der Waals surface area contributed by atoms with Gasteiger partial charge in [0.25, 0.3) is 0 Å². The fourth-order valence-electron chi connectivity index (χ4n) is 2.26. The highest BCUT2D eigenvalue weighted by Crippen LogP contribution is 2.27. The molecule has 0 aliphatic heterocycles. The van der Waals surface area contributed by atoms with Crippen molar-refractivity contribution in [1.29, 1.82) is 0 Å². The van der Waals surface area contributed by atoms with Crippen molar-refractivity contribution < 1.29 is 8.42 Å². The van der Waals surface area contributed by atoms with Crippen molar-refractivity contribution >= 4 is 15.7 Å². The molecule has 114 valence electrons. The van der Waals surface area contributed by atoms with Crippen molar-refractivity contribution in [2.75, 3.05) is 5.73 Å². The van der Waals surface area contributed by atoms with E-state index in [0.717, 1.165) is 16.7 Å². The van der Waals surface area contributed by atoms with E-state index in [1.807, 2.05) is 6.92 Å². The molecule has 0 fully saturated rings. The van der Waals surface area contributed by atoms with Crippen molar-refractivity contribution in [3.05, 3.63) is 40.7 Å². The van der Waals surface area contributed by atoms with E-state index in [-0.39, 0.29) is 11.4 Å². The molecular formula is C14H20N4O2S. The zero-order valence-corrected chi connectivity index (χ0v) is 13.5. The van der Waals surface area contributed by atoms with Crippen LogP contribution < -0.4 is 10.5 Å². The molecule has 3 N–H and O–H groups in total. The van der Waals surface area contributed by atoms with E-state index in [2.05, 4.69) is 9.82 Å². The molecule has 0 unspecified atom stereocenters. The molecule has 2 rings (SSSR count). The summed E-state index contributed by atoms with van der Waals surface area (Å²) in [6.07, 6.45) is 3.40. The summed E-state index contributed by atoms with van der Waals surface area (Å²) in [6.45, 7) is 5.56. The summed E-state index contributed by atoms with van der Waals surface area (Å²) >= 11 is 0. The number of hydrogen-bond acceptors (Lipinski definition) is 4. The summed E-state index contributed by atoms with van der Waals surface area (Å²) in [7, 11) is -1.84. The second-order valence-corrected chi connectivity index (χ2v) is 6.91. The average Bonchev–Trinajstić information content (AvgIpc) is 2.80. The fourth-order valence-corrected chi connectivity index (χ4v) is 3.84. The Morgan fingerprint density at radius 1 is 1.29 bits per heavy atom.